The molecule has 0 aliphatic heterocycles. The number of hydrogen-bond donors (Lipinski definition) is 1. The quantitative estimate of drug-likeness (QED) is 0.220. The number of nitrogens with zero attached hydrogens (tertiary/aromatic N) is 3. The van der Waals surface area contributed by atoms with E-state index < -0.39 is 0 Å². The molecule has 0 aliphatic carbocycles. The first-order valence-electron chi connectivity index (χ1n) is 8.09. The van der Waals surface area contributed by atoms with Crippen molar-refractivity contribution in [3.05, 3.63) is 46.3 Å². The molecule has 1 rings (SSSR count). The fourth-order valence-electron chi connectivity index (χ4n) is 2.40. The van der Waals surface area contributed by atoms with Gasteiger partial charge in [-0.15, -0.1) is 6.42 Å². The second kappa shape index (κ2) is 12.0. The molecule has 1 N–H and O–H groups in total. The van der Waals surface area contributed by atoms with Crippen molar-refractivity contribution >= 4 is 5.91 Å². The molecule has 1 amide bonds. The second-order valence-electron chi connectivity index (χ2n) is 5.47. The lowest BCUT2D eigenvalue weighted by atomic mass is 10.0. The molecule has 0 saturated heterocycles. The van der Waals surface area contributed by atoms with Gasteiger partial charge in [-0.2, -0.15) is 0 Å². The van der Waals surface area contributed by atoms with Crippen molar-refractivity contribution in [3.63, 3.8) is 0 Å². The average Bonchev–Trinajstić information content (AvgIpc) is 2.59. The Morgan fingerprint density at radius 1 is 1.38 bits per heavy atom. The molecule has 6 nitrogen and oxygen atoms in total. The predicted octanol–water partition coefficient (Wildman–Crippen LogP) is 3.75. The van der Waals surface area contributed by atoms with Crippen LogP contribution in [0.15, 0.2) is 35.4 Å². The highest BCUT2D eigenvalue weighted by atomic mass is 16.5. The molecule has 24 heavy (non-hydrogen) atoms. The zero-order valence-electron chi connectivity index (χ0n) is 14.0. The fraction of sp³-hybridized carbons (Fsp3) is 0.500. The van der Waals surface area contributed by atoms with Gasteiger partial charge < -0.3 is 10.1 Å². The highest BCUT2D eigenvalue weighted by Gasteiger charge is 2.21. The van der Waals surface area contributed by atoms with Gasteiger partial charge >= 0.3 is 0 Å². The maximum Gasteiger partial charge on any atom is 0.220 e. The molecule has 0 unspecified atom stereocenters. The Hall–Kier alpha value is -2.48. The summed E-state index contributed by atoms with van der Waals surface area (Å²) in [5.41, 5.74) is 9.17. The Morgan fingerprint density at radius 3 is 2.79 bits per heavy atom. The van der Waals surface area contributed by atoms with Crippen molar-refractivity contribution < 1.29 is 9.53 Å². The Morgan fingerprint density at radius 2 is 2.12 bits per heavy atom. The van der Waals surface area contributed by atoms with Crippen LogP contribution in [0.4, 0.5) is 0 Å². The minimum Gasteiger partial charge on any atom is -0.359 e. The summed E-state index contributed by atoms with van der Waals surface area (Å²) < 4.78 is 5.71. The molecule has 0 radical (unpaired) electrons. The van der Waals surface area contributed by atoms with E-state index in [4.69, 9.17) is 16.7 Å². The zero-order chi connectivity index (χ0) is 17.6. The molecular formula is C18H24N4O2. The van der Waals surface area contributed by atoms with Gasteiger partial charge in [0.25, 0.3) is 0 Å². The largest absolute Gasteiger partial charge is 0.359 e. The molecule has 6 heteroatoms. The number of carbonyl (C=O) groups excluding carboxylic acids is 1. The third kappa shape index (κ3) is 7.68. The number of rotatable bonds is 11. The molecular weight excluding hydrogens is 304 g/mol. The van der Waals surface area contributed by atoms with Crippen LogP contribution in [-0.4, -0.2) is 25.1 Å². The second-order valence-corrected chi connectivity index (χ2v) is 5.47. The number of carbonyl (C=O) groups is 1. The molecule has 0 fully saturated rings. The molecule has 1 aromatic rings. The molecule has 0 spiro atoms. The Balaban J connectivity index is 2.46. The monoisotopic (exact) mass is 328 g/mol. The van der Waals surface area contributed by atoms with Crippen molar-refractivity contribution in [1.82, 2.24) is 5.32 Å². The predicted molar refractivity (Wildman–Crippen MR) is 94.1 cm³/mol. The number of terminal acetylenes is 1. The van der Waals surface area contributed by atoms with E-state index in [1.165, 1.54) is 0 Å². The molecule has 0 bridgehead atoms. The van der Waals surface area contributed by atoms with E-state index in [2.05, 4.69) is 21.3 Å². The standard InChI is InChI=1S/C18H24N4O2/c1-3-14-24-18(16-10-6-4-7-11-16)15(2)21-17(23)12-8-5-9-13-20-22-19/h1,4,6-7,10-11,15,18H,5,8-9,12-14H2,2H3,(H,21,23)/t15-,18-/m0/s1. The fourth-order valence-corrected chi connectivity index (χ4v) is 2.40. The van der Waals surface area contributed by atoms with Crippen LogP contribution in [-0.2, 0) is 9.53 Å². The first kappa shape index (κ1) is 19.6. The summed E-state index contributed by atoms with van der Waals surface area (Å²) in [5.74, 6) is 2.45. The summed E-state index contributed by atoms with van der Waals surface area (Å²) in [6, 6.07) is 9.52. The summed E-state index contributed by atoms with van der Waals surface area (Å²) in [6.07, 6.45) is 7.86. The average molecular weight is 328 g/mol. The maximum absolute atomic E-state index is 12.1. The number of nitrogens with one attached hydrogen (secondary N) is 1. The number of azide groups is 1. The van der Waals surface area contributed by atoms with Crippen molar-refractivity contribution in [1.29, 1.82) is 0 Å². The minimum absolute atomic E-state index is 0.0171. The van der Waals surface area contributed by atoms with E-state index in [1.807, 2.05) is 37.3 Å². The number of benzene rings is 1. The summed E-state index contributed by atoms with van der Waals surface area (Å²) >= 11 is 0. The van der Waals surface area contributed by atoms with E-state index in [9.17, 15) is 4.79 Å². The van der Waals surface area contributed by atoms with Crippen LogP contribution in [0.3, 0.4) is 0 Å². The summed E-state index contributed by atoms with van der Waals surface area (Å²) in [6.45, 7) is 2.58. The third-order valence-corrected chi connectivity index (χ3v) is 3.54. The Labute approximate surface area is 143 Å². The van der Waals surface area contributed by atoms with Gasteiger partial charge in [-0.25, -0.2) is 0 Å². The SMILES string of the molecule is C#CCO[C@H](c1ccccc1)[C@H](C)NC(=O)CCCCCN=[N+]=[N-]. The maximum atomic E-state index is 12.1. The van der Waals surface area contributed by atoms with Crippen LogP contribution in [0.2, 0.25) is 0 Å². The molecule has 128 valence electrons. The number of hydrogen-bond acceptors (Lipinski definition) is 3. The molecule has 0 aliphatic rings. The molecule has 0 heterocycles. The van der Waals surface area contributed by atoms with E-state index in [0.29, 0.717) is 13.0 Å². The van der Waals surface area contributed by atoms with E-state index >= 15 is 0 Å². The van der Waals surface area contributed by atoms with Crippen LogP contribution in [0, 0.1) is 12.3 Å². The molecule has 0 aromatic heterocycles. The van der Waals surface area contributed by atoms with Crippen LogP contribution < -0.4 is 5.32 Å². The van der Waals surface area contributed by atoms with Gasteiger partial charge in [0, 0.05) is 17.9 Å². The van der Waals surface area contributed by atoms with Crippen LogP contribution in [0.1, 0.15) is 44.3 Å². The number of unbranched alkanes of at least 4 members (excludes halogenated alkanes) is 2. The summed E-state index contributed by atoms with van der Waals surface area (Å²) in [7, 11) is 0. The minimum atomic E-state index is -0.281. The van der Waals surface area contributed by atoms with Crippen molar-refractivity contribution in [3.8, 4) is 12.3 Å². The van der Waals surface area contributed by atoms with Crippen LogP contribution in [0.5, 0.6) is 0 Å². The summed E-state index contributed by atoms with van der Waals surface area (Å²) in [5, 5.41) is 6.44. The highest BCUT2D eigenvalue weighted by Crippen LogP contribution is 2.21. The smallest absolute Gasteiger partial charge is 0.220 e. The number of amides is 1. The van der Waals surface area contributed by atoms with Gasteiger partial charge in [-0.1, -0.05) is 47.8 Å². The van der Waals surface area contributed by atoms with Gasteiger partial charge in [0.15, 0.2) is 0 Å². The summed E-state index contributed by atoms with van der Waals surface area (Å²) in [4.78, 5) is 14.8. The van der Waals surface area contributed by atoms with Crippen LogP contribution >= 0.6 is 0 Å². The van der Waals surface area contributed by atoms with Gasteiger partial charge in [-0.05, 0) is 30.9 Å². The van der Waals surface area contributed by atoms with E-state index in [1.54, 1.807) is 0 Å². The highest BCUT2D eigenvalue weighted by molar-refractivity contribution is 5.76. The van der Waals surface area contributed by atoms with E-state index in [0.717, 1.165) is 24.8 Å². The Kier molecular flexibility index (Phi) is 9.79. The molecule has 0 saturated carbocycles. The van der Waals surface area contributed by atoms with Gasteiger partial charge in [0.05, 0.1) is 6.04 Å². The van der Waals surface area contributed by atoms with E-state index in [-0.39, 0.29) is 24.7 Å². The Bertz CT molecular complexity index is 576. The lowest BCUT2D eigenvalue weighted by molar-refractivity contribution is -0.122. The van der Waals surface area contributed by atoms with Crippen molar-refractivity contribution in [2.45, 2.75) is 44.8 Å². The topological polar surface area (TPSA) is 87.1 Å². The first-order chi connectivity index (χ1) is 11.7. The molecule has 2 atom stereocenters. The third-order valence-electron chi connectivity index (χ3n) is 3.54. The van der Waals surface area contributed by atoms with Crippen molar-refractivity contribution in [2.24, 2.45) is 5.11 Å². The molecule has 1 aromatic carbocycles. The first-order valence-corrected chi connectivity index (χ1v) is 8.09. The van der Waals surface area contributed by atoms with Crippen molar-refractivity contribution in [2.75, 3.05) is 13.2 Å². The van der Waals surface area contributed by atoms with Crippen LogP contribution in [0.25, 0.3) is 10.4 Å². The van der Waals surface area contributed by atoms with Gasteiger partial charge in [0.2, 0.25) is 5.91 Å². The lowest BCUT2D eigenvalue weighted by Crippen LogP contribution is -2.38. The number of ether oxygens (including phenoxy) is 1. The zero-order valence-corrected chi connectivity index (χ0v) is 14.0. The van der Waals surface area contributed by atoms with Gasteiger partial charge in [-0.3, -0.25) is 4.79 Å². The normalized spacial score (nSPS) is 12.5. The van der Waals surface area contributed by atoms with Gasteiger partial charge in [0.1, 0.15) is 12.7 Å². The lowest BCUT2D eigenvalue weighted by Gasteiger charge is -2.25.